The van der Waals surface area contributed by atoms with Crippen LogP contribution in [0.3, 0.4) is 0 Å². The van der Waals surface area contributed by atoms with Crippen molar-refractivity contribution in [3.8, 4) is 11.5 Å². The van der Waals surface area contributed by atoms with E-state index in [9.17, 15) is 4.79 Å². The van der Waals surface area contributed by atoms with Crippen LogP contribution in [0.25, 0.3) is 0 Å². The van der Waals surface area contributed by atoms with Gasteiger partial charge in [0.25, 0.3) is 0 Å². The van der Waals surface area contributed by atoms with Crippen molar-refractivity contribution in [1.82, 2.24) is 0 Å². The van der Waals surface area contributed by atoms with Crippen LogP contribution >= 0.6 is 0 Å². The molecule has 1 aromatic rings. The summed E-state index contributed by atoms with van der Waals surface area (Å²) in [5.41, 5.74) is 1.50. The summed E-state index contributed by atoms with van der Waals surface area (Å²) in [5.74, 6) is 2.81. The molecule has 0 unspecified atom stereocenters. The molecule has 0 amide bonds. The number of carbonyl (C=O) groups excluding carboxylic acids is 1. The topological polar surface area (TPSA) is 35.5 Å². The summed E-state index contributed by atoms with van der Waals surface area (Å²) in [6.07, 6.45) is 6.18. The number of Topliss-reactive ketones (excluding diaryl/α,β-unsaturated/α-hetero) is 1. The van der Waals surface area contributed by atoms with Crippen molar-refractivity contribution in [2.24, 2.45) is 22.7 Å². The predicted octanol–water partition coefficient (Wildman–Crippen LogP) is 5.06. The second-order valence-electron chi connectivity index (χ2n) is 8.84. The van der Waals surface area contributed by atoms with E-state index in [0.29, 0.717) is 17.1 Å². The fourth-order valence-electron chi connectivity index (χ4n) is 5.74. The lowest BCUT2D eigenvalue weighted by Crippen LogP contribution is -2.52. The van der Waals surface area contributed by atoms with Crippen LogP contribution in [0.2, 0.25) is 0 Å². The summed E-state index contributed by atoms with van der Waals surface area (Å²) in [7, 11) is 3.38. The lowest BCUT2D eigenvalue weighted by molar-refractivity contribution is -0.142. The Morgan fingerprint density at radius 1 is 1.12 bits per heavy atom. The number of ketones is 1. The maximum atomic E-state index is 13.0. The Kier molecular flexibility index (Phi) is 4.87. The van der Waals surface area contributed by atoms with Gasteiger partial charge in [0, 0.05) is 12.3 Å². The van der Waals surface area contributed by atoms with Crippen molar-refractivity contribution >= 4 is 5.78 Å². The van der Waals surface area contributed by atoms with Gasteiger partial charge in [-0.15, -0.1) is 0 Å². The molecule has 0 radical (unpaired) electrons. The Bertz CT molecular complexity index is 649. The van der Waals surface area contributed by atoms with E-state index in [4.69, 9.17) is 9.47 Å². The molecule has 1 aromatic carbocycles. The molecular formula is C22H32O3. The SMILES string of the molecule is COc1ccc(OC)c(C[C@@H]2C(=O)CC[C@@H]3C(C)(C)CCC[C@@]23C)c1. The van der Waals surface area contributed by atoms with Gasteiger partial charge in [-0.25, -0.2) is 0 Å². The fraction of sp³-hybridized carbons (Fsp3) is 0.682. The third-order valence-corrected chi connectivity index (χ3v) is 7.05. The van der Waals surface area contributed by atoms with Gasteiger partial charge < -0.3 is 9.47 Å². The quantitative estimate of drug-likeness (QED) is 0.766. The van der Waals surface area contributed by atoms with Gasteiger partial charge >= 0.3 is 0 Å². The molecule has 2 aliphatic carbocycles. The standard InChI is InChI=1S/C22H32O3/c1-21(2)11-6-12-22(3)17(18(23)8-10-20(21)22)14-15-13-16(24-4)7-9-19(15)25-5/h7,9,13,17,20H,6,8,10-12,14H2,1-5H3/t17-,20-,22+/m1/s1. The molecule has 0 bridgehead atoms. The minimum atomic E-state index is 0.0758. The number of carbonyl (C=O) groups is 1. The van der Waals surface area contributed by atoms with Crippen LogP contribution in [0.4, 0.5) is 0 Å². The highest BCUT2D eigenvalue weighted by molar-refractivity contribution is 5.83. The molecule has 2 saturated carbocycles. The predicted molar refractivity (Wildman–Crippen MR) is 100 cm³/mol. The summed E-state index contributed by atoms with van der Waals surface area (Å²) >= 11 is 0. The van der Waals surface area contributed by atoms with Crippen molar-refractivity contribution in [3.05, 3.63) is 23.8 Å². The van der Waals surface area contributed by atoms with Gasteiger partial charge in [-0.1, -0.05) is 27.2 Å². The maximum absolute atomic E-state index is 13.0. The van der Waals surface area contributed by atoms with Gasteiger partial charge in [0.1, 0.15) is 17.3 Å². The molecule has 0 heterocycles. The first-order valence-corrected chi connectivity index (χ1v) is 9.55. The smallest absolute Gasteiger partial charge is 0.136 e. The number of methoxy groups -OCH3 is 2. The van der Waals surface area contributed by atoms with Crippen LogP contribution in [0, 0.1) is 22.7 Å². The van der Waals surface area contributed by atoms with Gasteiger partial charge in [-0.2, -0.15) is 0 Å². The second kappa shape index (κ2) is 6.66. The molecule has 138 valence electrons. The fourth-order valence-corrected chi connectivity index (χ4v) is 5.74. The number of fused-ring (bicyclic) bond motifs is 1. The number of rotatable bonds is 4. The Morgan fingerprint density at radius 2 is 1.88 bits per heavy atom. The molecule has 3 atom stereocenters. The van der Waals surface area contributed by atoms with Gasteiger partial charge in [-0.05, 0) is 66.2 Å². The van der Waals surface area contributed by atoms with Gasteiger partial charge in [0.15, 0.2) is 0 Å². The van der Waals surface area contributed by atoms with Crippen molar-refractivity contribution in [2.75, 3.05) is 14.2 Å². The van der Waals surface area contributed by atoms with Crippen LogP contribution < -0.4 is 9.47 Å². The first-order valence-electron chi connectivity index (χ1n) is 9.55. The van der Waals surface area contributed by atoms with Crippen LogP contribution in [-0.4, -0.2) is 20.0 Å². The normalized spacial score (nSPS) is 31.3. The van der Waals surface area contributed by atoms with Crippen LogP contribution in [0.15, 0.2) is 18.2 Å². The highest BCUT2D eigenvalue weighted by atomic mass is 16.5. The molecule has 3 heteroatoms. The highest BCUT2D eigenvalue weighted by Crippen LogP contribution is 2.59. The van der Waals surface area contributed by atoms with Crippen LogP contribution in [0.1, 0.15) is 58.4 Å². The first kappa shape index (κ1) is 18.3. The third-order valence-electron chi connectivity index (χ3n) is 7.05. The van der Waals surface area contributed by atoms with E-state index >= 15 is 0 Å². The van der Waals surface area contributed by atoms with Crippen molar-refractivity contribution in [1.29, 1.82) is 0 Å². The lowest BCUT2D eigenvalue weighted by atomic mass is 9.47. The van der Waals surface area contributed by atoms with E-state index in [-0.39, 0.29) is 11.3 Å². The summed E-state index contributed by atoms with van der Waals surface area (Å²) < 4.78 is 11.0. The van der Waals surface area contributed by atoms with E-state index in [0.717, 1.165) is 42.7 Å². The molecular weight excluding hydrogens is 312 g/mol. The average molecular weight is 344 g/mol. The van der Waals surface area contributed by atoms with E-state index in [1.165, 1.54) is 12.8 Å². The highest BCUT2D eigenvalue weighted by Gasteiger charge is 2.54. The van der Waals surface area contributed by atoms with Gasteiger partial charge in [-0.3, -0.25) is 4.79 Å². The van der Waals surface area contributed by atoms with E-state index in [1.807, 2.05) is 18.2 Å². The molecule has 2 aliphatic rings. The zero-order valence-corrected chi connectivity index (χ0v) is 16.4. The summed E-state index contributed by atoms with van der Waals surface area (Å²) in [5, 5.41) is 0. The number of ether oxygens (including phenoxy) is 2. The van der Waals surface area contributed by atoms with Crippen LogP contribution in [-0.2, 0) is 11.2 Å². The third kappa shape index (κ3) is 3.18. The van der Waals surface area contributed by atoms with E-state index in [2.05, 4.69) is 20.8 Å². The Morgan fingerprint density at radius 3 is 2.56 bits per heavy atom. The molecule has 2 fully saturated rings. The monoisotopic (exact) mass is 344 g/mol. The van der Waals surface area contributed by atoms with Gasteiger partial charge in [0.2, 0.25) is 0 Å². The minimum absolute atomic E-state index is 0.0758. The first-order chi connectivity index (χ1) is 11.8. The summed E-state index contributed by atoms with van der Waals surface area (Å²) in [6, 6.07) is 5.90. The van der Waals surface area contributed by atoms with Gasteiger partial charge in [0.05, 0.1) is 14.2 Å². The van der Waals surface area contributed by atoms with Crippen molar-refractivity contribution < 1.29 is 14.3 Å². The van der Waals surface area contributed by atoms with E-state index in [1.54, 1.807) is 14.2 Å². The summed E-state index contributed by atoms with van der Waals surface area (Å²) in [4.78, 5) is 13.0. The molecule has 3 nitrogen and oxygen atoms in total. The second-order valence-corrected chi connectivity index (χ2v) is 8.84. The van der Waals surface area contributed by atoms with Crippen molar-refractivity contribution in [2.45, 2.75) is 59.3 Å². The molecule has 3 rings (SSSR count). The number of hydrogen-bond acceptors (Lipinski definition) is 3. The lowest BCUT2D eigenvalue weighted by Gasteiger charge is -2.56. The number of benzene rings is 1. The molecule has 0 aromatic heterocycles. The van der Waals surface area contributed by atoms with Crippen molar-refractivity contribution in [3.63, 3.8) is 0 Å². The largest absolute Gasteiger partial charge is 0.497 e. The minimum Gasteiger partial charge on any atom is -0.497 e. The Labute approximate surface area is 152 Å². The molecule has 0 spiro atoms. The van der Waals surface area contributed by atoms with E-state index < -0.39 is 0 Å². The maximum Gasteiger partial charge on any atom is 0.136 e. The zero-order chi connectivity index (χ0) is 18.2. The molecule has 25 heavy (non-hydrogen) atoms. The average Bonchev–Trinajstić information content (AvgIpc) is 2.57. The van der Waals surface area contributed by atoms with Crippen LogP contribution in [0.5, 0.6) is 11.5 Å². The molecule has 0 aliphatic heterocycles. The zero-order valence-electron chi connectivity index (χ0n) is 16.4. The Hall–Kier alpha value is -1.51. The number of hydrogen-bond donors (Lipinski definition) is 0. The molecule has 0 saturated heterocycles. The molecule has 0 N–H and O–H groups in total. The summed E-state index contributed by atoms with van der Waals surface area (Å²) in [6.45, 7) is 7.16. The Balaban J connectivity index is 1.96.